The maximum atomic E-state index is 12.8. The standard InChI is InChI=1S/C18H13ClF3NO7.CH4O/c1-9(24)29-5-4-10-6-12(8-13(17(25)26)16(10)23(27)28)30-15-3-2-11(7-14(15)19)18(20,21)22;1-2/h2-3,6-8H,4-5H2,1H3,(H,25,26);2H,1H3. The lowest BCUT2D eigenvalue weighted by Gasteiger charge is -2.13. The van der Waals surface area contributed by atoms with Crippen molar-refractivity contribution in [2.24, 2.45) is 0 Å². The number of carboxylic acids is 1. The molecule has 0 spiro atoms. The number of benzene rings is 2. The molecule has 32 heavy (non-hydrogen) atoms. The average Bonchev–Trinajstić information content (AvgIpc) is 2.69. The van der Waals surface area contributed by atoms with E-state index in [9.17, 15) is 38.0 Å². The smallest absolute Gasteiger partial charge is 0.416 e. The van der Waals surface area contributed by atoms with Gasteiger partial charge in [0.15, 0.2) is 0 Å². The highest BCUT2D eigenvalue weighted by Gasteiger charge is 2.31. The second-order valence-electron chi connectivity index (χ2n) is 5.88. The number of aromatic carboxylic acids is 1. The first-order valence-electron chi connectivity index (χ1n) is 8.57. The third kappa shape index (κ3) is 7.10. The molecule has 0 atom stereocenters. The number of nitro benzene ring substituents is 1. The van der Waals surface area contributed by atoms with Gasteiger partial charge < -0.3 is 19.7 Å². The Labute approximate surface area is 184 Å². The van der Waals surface area contributed by atoms with Crippen LogP contribution in [0.4, 0.5) is 18.9 Å². The Kier molecular flexibility index (Phi) is 9.41. The molecule has 9 nitrogen and oxygen atoms in total. The van der Waals surface area contributed by atoms with Gasteiger partial charge in [0.1, 0.15) is 17.1 Å². The summed E-state index contributed by atoms with van der Waals surface area (Å²) in [7, 11) is 1.00. The molecule has 0 aliphatic heterocycles. The molecular weight excluding hydrogens is 463 g/mol. The number of aliphatic hydroxyl groups is 1. The Morgan fingerprint density at radius 3 is 2.28 bits per heavy atom. The van der Waals surface area contributed by atoms with Crippen LogP contribution in [-0.4, -0.2) is 40.8 Å². The van der Waals surface area contributed by atoms with Gasteiger partial charge in [-0.3, -0.25) is 14.9 Å². The molecule has 0 bridgehead atoms. The molecular formula is C19H17ClF3NO8. The first kappa shape index (κ1) is 26.7. The summed E-state index contributed by atoms with van der Waals surface area (Å²) >= 11 is 5.82. The van der Waals surface area contributed by atoms with Crippen molar-refractivity contribution < 1.29 is 47.4 Å². The fraction of sp³-hybridized carbons (Fsp3) is 0.263. The quantitative estimate of drug-likeness (QED) is 0.337. The molecule has 2 aromatic rings. The SMILES string of the molecule is CC(=O)OCCc1cc(Oc2ccc(C(F)(F)F)cc2Cl)cc(C(=O)O)c1[N+](=O)[O-].CO. The molecule has 0 saturated heterocycles. The summed E-state index contributed by atoms with van der Waals surface area (Å²) in [5.74, 6) is -2.70. The van der Waals surface area contributed by atoms with Gasteiger partial charge in [-0.1, -0.05) is 11.6 Å². The van der Waals surface area contributed by atoms with E-state index in [1.165, 1.54) is 0 Å². The van der Waals surface area contributed by atoms with Crippen LogP contribution in [0.2, 0.25) is 5.02 Å². The van der Waals surface area contributed by atoms with E-state index in [-0.39, 0.29) is 30.1 Å². The maximum Gasteiger partial charge on any atom is 0.416 e. The van der Waals surface area contributed by atoms with E-state index in [0.717, 1.165) is 32.2 Å². The van der Waals surface area contributed by atoms with Gasteiger partial charge >= 0.3 is 18.1 Å². The van der Waals surface area contributed by atoms with Gasteiger partial charge in [-0.15, -0.1) is 0 Å². The maximum absolute atomic E-state index is 12.8. The number of hydrogen-bond donors (Lipinski definition) is 2. The third-order valence-electron chi connectivity index (χ3n) is 3.74. The Hall–Kier alpha value is -3.38. The monoisotopic (exact) mass is 479 g/mol. The number of nitro groups is 1. The molecule has 0 aliphatic carbocycles. The summed E-state index contributed by atoms with van der Waals surface area (Å²) in [6, 6.07) is 4.26. The first-order valence-corrected chi connectivity index (χ1v) is 8.95. The summed E-state index contributed by atoms with van der Waals surface area (Å²) in [6.07, 6.45) is -4.83. The molecule has 2 rings (SSSR count). The minimum absolute atomic E-state index is 0.112. The number of ether oxygens (including phenoxy) is 2. The molecule has 174 valence electrons. The number of aliphatic hydroxyl groups excluding tert-OH is 1. The van der Waals surface area contributed by atoms with Crippen LogP contribution < -0.4 is 4.74 Å². The minimum atomic E-state index is -4.63. The number of alkyl halides is 3. The van der Waals surface area contributed by atoms with Gasteiger partial charge in [0.2, 0.25) is 0 Å². The predicted octanol–water partition coefficient (Wildman–Crippen LogP) is 4.47. The topological polar surface area (TPSA) is 136 Å². The first-order chi connectivity index (χ1) is 14.9. The lowest BCUT2D eigenvalue weighted by atomic mass is 10.0. The third-order valence-corrected chi connectivity index (χ3v) is 4.03. The number of rotatable bonds is 7. The second kappa shape index (κ2) is 11.3. The largest absolute Gasteiger partial charge is 0.477 e. The molecule has 2 aromatic carbocycles. The lowest BCUT2D eigenvalue weighted by molar-refractivity contribution is -0.385. The molecule has 0 fully saturated rings. The van der Waals surface area contributed by atoms with Crippen LogP contribution >= 0.6 is 11.6 Å². The highest BCUT2D eigenvalue weighted by atomic mass is 35.5. The van der Waals surface area contributed by atoms with E-state index < -0.39 is 44.9 Å². The van der Waals surface area contributed by atoms with E-state index >= 15 is 0 Å². The molecule has 0 unspecified atom stereocenters. The number of hydrogen-bond acceptors (Lipinski definition) is 7. The van der Waals surface area contributed by atoms with Gasteiger partial charge in [0, 0.05) is 32.1 Å². The fourth-order valence-electron chi connectivity index (χ4n) is 2.49. The van der Waals surface area contributed by atoms with Gasteiger partial charge in [-0.2, -0.15) is 13.2 Å². The summed E-state index contributed by atoms with van der Waals surface area (Å²) in [4.78, 5) is 32.9. The summed E-state index contributed by atoms with van der Waals surface area (Å²) in [5, 5.41) is 27.3. The normalized spacial score (nSPS) is 10.6. The van der Waals surface area contributed by atoms with Crippen LogP contribution in [0.1, 0.15) is 28.4 Å². The van der Waals surface area contributed by atoms with Crippen molar-refractivity contribution in [3.05, 3.63) is 62.2 Å². The van der Waals surface area contributed by atoms with Crippen molar-refractivity contribution in [2.45, 2.75) is 19.5 Å². The molecule has 0 heterocycles. The Bertz CT molecular complexity index is 1010. The van der Waals surface area contributed by atoms with Gasteiger partial charge in [0.05, 0.1) is 22.1 Å². The fourth-order valence-corrected chi connectivity index (χ4v) is 2.70. The number of carbonyl (C=O) groups excluding carboxylic acids is 1. The Morgan fingerprint density at radius 2 is 1.81 bits per heavy atom. The van der Waals surface area contributed by atoms with Gasteiger partial charge in [-0.05, 0) is 24.3 Å². The van der Waals surface area contributed by atoms with Crippen LogP contribution in [0.3, 0.4) is 0 Å². The van der Waals surface area contributed by atoms with E-state index in [0.29, 0.717) is 12.1 Å². The number of carbonyl (C=O) groups is 2. The summed E-state index contributed by atoms with van der Waals surface area (Å²) in [5.41, 5.74) is -2.56. The highest BCUT2D eigenvalue weighted by molar-refractivity contribution is 6.32. The van der Waals surface area contributed by atoms with Crippen LogP contribution in [-0.2, 0) is 22.1 Å². The Morgan fingerprint density at radius 1 is 1.19 bits per heavy atom. The van der Waals surface area contributed by atoms with E-state index in [1.54, 1.807) is 0 Å². The van der Waals surface area contributed by atoms with Crippen molar-refractivity contribution in [1.29, 1.82) is 0 Å². The van der Waals surface area contributed by atoms with Crippen LogP contribution in [0.25, 0.3) is 0 Å². The molecule has 2 N–H and O–H groups in total. The summed E-state index contributed by atoms with van der Waals surface area (Å²) in [6.45, 7) is 0.864. The van der Waals surface area contributed by atoms with Crippen LogP contribution in [0.5, 0.6) is 11.5 Å². The molecule has 0 amide bonds. The van der Waals surface area contributed by atoms with E-state index in [2.05, 4.69) is 0 Å². The zero-order valence-electron chi connectivity index (χ0n) is 16.6. The van der Waals surface area contributed by atoms with E-state index in [1.807, 2.05) is 0 Å². The number of carboxylic acid groups (broad SMARTS) is 1. The van der Waals surface area contributed by atoms with Gasteiger partial charge in [-0.25, -0.2) is 4.79 Å². The summed E-state index contributed by atoms with van der Waals surface area (Å²) < 4.78 is 48.4. The van der Waals surface area contributed by atoms with Crippen LogP contribution in [0.15, 0.2) is 30.3 Å². The van der Waals surface area contributed by atoms with Crippen molar-refractivity contribution in [3.63, 3.8) is 0 Å². The number of esters is 1. The highest BCUT2D eigenvalue weighted by Crippen LogP contribution is 2.38. The Balaban J connectivity index is 0.00000249. The van der Waals surface area contributed by atoms with Crippen LogP contribution in [0, 0.1) is 10.1 Å². The number of halogens is 4. The van der Waals surface area contributed by atoms with Crippen molar-refractivity contribution in [1.82, 2.24) is 0 Å². The molecule has 13 heteroatoms. The minimum Gasteiger partial charge on any atom is -0.477 e. The molecule has 0 saturated carbocycles. The van der Waals surface area contributed by atoms with E-state index in [4.69, 9.17) is 26.2 Å². The second-order valence-corrected chi connectivity index (χ2v) is 6.28. The van der Waals surface area contributed by atoms with Crippen molar-refractivity contribution in [2.75, 3.05) is 13.7 Å². The predicted molar refractivity (Wildman–Crippen MR) is 105 cm³/mol. The van der Waals surface area contributed by atoms with Crippen molar-refractivity contribution >= 4 is 29.2 Å². The molecule has 0 aliphatic rings. The average molecular weight is 480 g/mol. The molecule has 0 aromatic heterocycles. The lowest BCUT2D eigenvalue weighted by Crippen LogP contribution is -2.10. The zero-order chi connectivity index (χ0) is 24.6. The van der Waals surface area contributed by atoms with Gasteiger partial charge in [0.25, 0.3) is 5.69 Å². The molecule has 0 radical (unpaired) electrons. The zero-order valence-corrected chi connectivity index (χ0v) is 17.4. The number of nitrogens with zero attached hydrogens (tertiary/aromatic N) is 1. The van der Waals surface area contributed by atoms with Crippen molar-refractivity contribution in [3.8, 4) is 11.5 Å².